The molecule has 1 saturated carbocycles. The molecule has 98 valence electrons. The summed E-state index contributed by atoms with van der Waals surface area (Å²) >= 11 is 6.02. The van der Waals surface area contributed by atoms with Gasteiger partial charge in [-0.2, -0.15) is 0 Å². The van der Waals surface area contributed by atoms with E-state index in [1.54, 1.807) is 12.1 Å². The van der Waals surface area contributed by atoms with E-state index in [1.807, 2.05) is 0 Å². The van der Waals surface area contributed by atoms with Gasteiger partial charge in [-0.1, -0.05) is 30.5 Å². The van der Waals surface area contributed by atoms with E-state index in [9.17, 15) is 15.2 Å². The highest BCUT2D eigenvalue weighted by Gasteiger charge is 2.35. The number of nitro groups is 1. The van der Waals surface area contributed by atoms with Crippen LogP contribution in [0.3, 0.4) is 0 Å². The summed E-state index contributed by atoms with van der Waals surface area (Å²) in [5, 5.41) is 23.9. The maximum absolute atomic E-state index is 11.0. The molecule has 0 radical (unpaired) electrons. The zero-order valence-corrected chi connectivity index (χ0v) is 10.6. The summed E-state index contributed by atoms with van der Waals surface area (Å²) in [6, 6.07) is 4.57. The number of hydrogen-bond donors (Lipinski definition) is 2. The monoisotopic (exact) mass is 270 g/mol. The smallest absolute Gasteiger partial charge is 0.293 e. The Morgan fingerprint density at radius 1 is 1.44 bits per heavy atom. The topological polar surface area (TPSA) is 75.4 Å². The third-order valence-corrected chi connectivity index (χ3v) is 3.76. The van der Waals surface area contributed by atoms with E-state index in [-0.39, 0.29) is 12.3 Å². The van der Waals surface area contributed by atoms with Crippen LogP contribution in [0.4, 0.5) is 11.4 Å². The summed E-state index contributed by atoms with van der Waals surface area (Å²) < 4.78 is 0. The number of aliphatic hydroxyl groups excluding tert-OH is 1. The molecule has 0 aliphatic heterocycles. The Balaban J connectivity index is 2.35. The summed E-state index contributed by atoms with van der Waals surface area (Å²) in [5.74, 6) is 0. The lowest BCUT2D eigenvalue weighted by Crippen LogP contribution is -2.39. The van der Waals surface area contributed by atoms with E-state index < -0.39 is 10.5 Å². The van der Waals surface area contributed by atoms with Crippen molar-refractivity contribution in [3.8, 4) is 0 Å². The quantitative estimate of drug-likeness (QED) is 0.651. The second kappa shape index (κ2) is 5.12. The zero-order valence-electron chi connectivity index (χ0n) is 9.86. The lowest BCUT2D eigenvalue weighted by atomic mass is 9.98. The number of halogens is 1. The molecule has 0 heterocycles. The molecule has 0 atom stereocenters. The van der Waals surface area contributed by atoms with Crippen molar-refractivity contribution in [3.63, 3.8) is 0 Å². The highest BCUT2D eigenvalue weighted by atomic mass is 35.5. The molecule has 1 aliphatic carbocycles. The molecule has 1 aromatic carbocycles. The number of anilines is 1. The first-order chi connectivity index (χ1) is 8.58. The summed E-state index contributed by atoms with van der Waals surface area (Å²) in [6.45, 7) is -0.0463. The van der Waals surface area contributed by atoms with E-state index in [4.69, 9.17) is 11.6 Å². The molecule has 2 rings (SSSR count). The van der Waals surface area contributed by atoms with Crippen LogP contribution in [0.1, 0.15) is 25.7 Å². The average molecular weight is 271 g/mol. The number of hydrogen-bond acceptors (Lipinski definition) is 4. The molecule has 1 fully saturated rings. The largest absolute Gasteiger partial charge is 0.394 e. The van der Waals surface area contributed by atoms with Gasteiger partial charge in [-0.25, -0.2) is 0 Å². The van der Waals surface area contributed by atoms with E-state index in [0.717, 1.165) is 25.7 Å². The number of nitrogens with zero attached hydrogens (tertiary/aromatic N) is 1. The third-order valence-electron chi connectivity index (χ3n) is 3.44. The van der Waals surface area contributed by atoms with Gasteiger partial charge < -0.3 is 10.4 Å². The standard InChI is InChI=1S/C12H15ClN2O3/c13-9-4-3-5-10(15(17)18)11(9)14-12(8-16)6-1-2-7-12/h3-5,14,16H,1-2,6-8H2. The third kappa shape index (κ3) is 2.42. The number of para-hydroxylation sites is 1. The minimum atomic E-state index is -0.476. The number of nitro benzene ring substituents is 1. The van der Waals surface area contributed by atoms with E-state index in [1.165, 1.54) is 6.07 Å². The van der Waals surface area contributed by atoms with Crippen LogP contribution in [0.25, 0.3) is 0 Å². The Bertz CT molecular complexity index is 459. The summed E-state index contributed by atoms with van der Waals surface area (Å²) in [5.41, 5.74) is -0.224. The van der Waals surface area contributed by atoms with Crippen molar-refractivity contribution in [1.82, 2.24) is 0 Å². The fourth-order valence-corrected chi connectivity index (χ4v) is 2.65. The van der Waals surface area contributed by atoms with Crippen LogP contribution in [0.5, 0.6) is 0 Å². The van der Waals surface area contributed by atoms with Gasteiger partial charge in [-0.15, -0.1) is 0 Å². The van der Waals surface area contributed by atoms with Gasteiger partial charge in [0.25, 0.3) is 5.69 Å². The molecule has 0 unspecified atom stereocenters. The van der Waals surface area contributed by atoms with Crippen molar-refractivity contribution < 1.29 is 10.0 Å². The molecule has 0 aromatic heterocycles. The highest BCUT2D eigenvalue weighted by Crippen LogP contribution is 2.39. The first-order valence-corrected chi connectivity index (χ1v) is 6.28. The van der Waals surface area contributed by atoms with Crippen LogP contribution >= 0.6 is 11.6 Å². The maximum Gasteiger partial charge on any atom is 0.293 e. The Morgan fingerprint density at radius 2 is 2.11 bits per heavy atom. The van der Waals surface area contributed by atoms with Crippen molar-refractivity contribution in [3.05, 3.63) is 33.3 Å². The summed E-state index contributed by atoms with van der Waals surface area (Å²) in [6.07, 6.45) is 3.61. The number of aliphatic hydroxyl groups is 1. The molecule has 5 nitrogen and oxygen atoms in total. The second-order valence-electron chi connectivity index (χ2n) is 4.66. The Labute approximate surface area is 110 Å². The number of benzene rings is 1. The SMILES string of the molecule is O=[N+]([O-])c1cccc(Cl)c1NC1(CO)CCCC1. The van der Waals surface area contributed by atoms with Crippen LogP contribution < -0.4 is 5.32 Å². The minimum Gasteiger partial charge on any atom is -0.394 e. The molecule has 2 N–H and O–H groups in total. The van der Waals surface area contributed by atoms with Crippen LogP contribution in [0.2, 0.25) is 5.02 Å². The molecule has 0 amide bonds. The van der Waals surface area contributed by atoms with E-state index >= 15 is 0 Å². The van der Waals surface area contributed by atoms with Crippen LogP contribution in [0.15, 0.2) is 18.2 Å². The zero-order chi connectivity index (χ0) is 13.2. The van der Waals surface area contributed by atoms with Gasteiger partial charge in [0.15, 0.2) is 0 Å². The van der Waals surface area contributed by atoms with Gasteiger partial charge in [-0.05, 0) is 18.9 Å². The van der Waals surface area contributed by atoms with Crippen molar-refractivity contribution >= 4 is 23.0 Å². The normalized spacial score (nSPS) is 17.7. The molecule has 1 aliphatic rings. The summed E-state index contributed by atoms with van der Waals surface area (Å²) in [7, 11) is 0. The molecule has 18 heavy (non-hydrogen) atoms. The van der Waals surface area contributed by atoms with Crippen LogP contribution in [-0.2, 0) is 0 Å². The molecular formula is C12H15ClN2O3. The molecule has 0 bridgehead atoms. The fourth-order valence-electron chi connectivity index (χ4n) is 2.43. The van der Waals surface area contributed by atoms with Gasteiger partial charge in [0, 0.05) is 6.07 Å². The van der Waals surface area contributed by atoms with Crippen molar-refractivity contribution in [2.75, 3.05) is 11.9 Å². The Hall–Kier alpha value is -1.33. The van der Waals surface area contributed by atoms with Crippen molar-refractivity contribution in [1.29, 1.82) is 0 Å². The van der Waals surface area contributed by atoms with Gasteiger partial charge in [-0.3, -0.25) is 10.1 Å². The molecule has 1 aromatic rings. The summed E-state index contributed by atoms with van der Waals surface area (Å²) in [4.78, 5) is 10.5. The van der Waals surface area contributed by atoms with Gasteiger partial charge in [0.05, 0.1) is 22.1 Å². The second-order valence-corrected chi connectivity index (χ2v) is 5.07. The van der Waals surface area contributed by atoms with Crippen molar-refractivity contribution in [2.24, 2.45) is 0 Å². The molecule has 0 saturated heterocycles. The Kier molecular flexibility index (Phi) is 3.73. The Morgan fingerprint density at radius 3 is 2.67 bits per heavy atom. The number of rotatable bonds is 4. The molecule has 6 heteroatoms. The molecular weight excluding hydrogens is 256 g/mol. The lowest BCUT2D eigenvalue weighted by molar-refractivity contribution is -0.384. The predicted molar refractivity (Wildman–Crippen MR) is 70.0 cm³/mol. The van der Waals surface area contributed by atoms with Gasteiger partial charge in [0.1, 0.15) is 5.69 Å². The van der Waals surface area contributed by atoms with Crippen molar-refractivity contribution in [2.45, 2.75) is 31.2 Å². The molecule has 0 spiro atoms. The first-order valence-electron chi connectivity index (χ1n) is 5.90. The van der Waals surface area contributed by atoms with E-state index in [2.05, 4.69) is 5.32 Å². The lowest BCUT2D eigenvalue weighted by Gasteiger charge is -2.29. The van der Waals surface area contributed by atoms with Crippen LogP contribution in [-0.4, -0.2) is 22.2 Å². The maximum atomic E-state index is 11.0. The van der Waals surface area contributed by atoms with Crippen LogP contribution in [0, 0.1) is 10.1 Å². The highest BCUT2D eigenvalue weighted by molar-refractivity contribution is 6.33. The van der Waals surface area contributed by atoms with Gasteiger partial charge in [0.2, 0.25) is 0 Å². The van der Waals surface area contributed by atoms with Gasteiger partial charge >= 0.3 is 0 Å². The first kappa shape index (κ1) is 13.1. The number of nitrogens with one attached hydrogen (secondary N) is 1. The average Bonchev–Trinajstić information content (AvgIpc) is 2.81. The minimum absolute atomic E-state index is 0.0463. The fraction of sp³-hybridized carbons (Fsp3) is 0.500. The predicted octanol–water partition coefficient (Wildman–Crippen LogP) is 2.97. The van der Waals surface area contributed by atoms with E-state index in [0.29, 0.717) is 10.7 Å².